The third-order valence-corrected chi connectivity index (χ3v) is 3.26. The Bertz CT molecular complexity index is 750. The fourth-order valence-corrected chi connectivity index (χ4v) is 2.27. The van der Waals surface area contributed by atoms with Gasteiger partial charge in [0.15, 0.2) is 5.82 Å². The number of fused-ring (bicyclic) bond motifs is 1. The molecule has 0 radical (unpaired) electrons. The van der Waals surface area contributed by atoms with Crippen LogP contribution in [0.15, 0.2) is 41.1 Å². The van der Waals surface area contributed by atoms with E-state index in [4.69, 9.17) is 5.73 Å². The van der Waals surface area contributed by atoms with Crippen molar-refractivity contribution in [3.8, 4) is 0 Å². The Morgan fingerprint density at radius 3 is 2.89 bits per heavy atom. The molecule has 0 aliphatic heterocycles. The van der Waals surface area contributed by atoms with E-state index in [1.807, 2.05) is 37.5 Å². The maximum atomic E-state index is 5.98. The summed E-state index contributed by atoms with van der Waals surface area (Å²) in [6.45, 7) is 0. The molecule has 0 spiro atoms. The van der Waals surface area contributed by atoms with Crippen molar-refractivity contribution in [3.05, 3.63) is 41.1 Å². The van der Waals surface area contributed by atoms with Gasteiger partial charge in [0.1, 0.15) is 0 Å². The van der Waals surface area contributed by atoms with E-state index in [1.54, 1.807) is 10.9 Å². The molecular formula is C13H12BrN5. The van der Waals surface area contributed by atoms with Gasteiger partial charge >= 0.3 is 0 Å². The molecule has 0 unspecified atom stereocenters. The van der Waals surface area contributed by atoms with Crippen molar-refractivity contribution in [1.82, 2.24) is 14.8 Å². The van der Waals surface area contributed by atoms with Crippen LogP contribution in [0.5, 0.6) is 0 Å². The first kappa shape index (κ1) is 12.0. The number of hydrogen-bond acceptors (Lipinski definition) is 4. The van der Waals surface area contributed by atoms with Gasteiger partial charge in [-0.3, -0.25) is 9.67 Å². The number of pyridine rings is 1. The van der Waals surface area contributed by atoms with E-state index in [0.717, 1.165) is 26.9 Å². The molecule has 0 bridgehead atoms. The smallest absolute Gasteiger partial charge is 0.152 e. The van der Waals surface area contributed by atoms with Crippen molar-refractivity contribution in [2.24, 2.45) is 7.05 Å². The molecule has 0 saturated heterocycles. The van der Waals surface area contributed by atoms with Crippen LogP contribution in [-0.2, 0) is 7.05 Å². The summed E-state index contributed by atoms with van der Waals surface area (Å²) in [5.74, 6) is 0.776. The highest BCUT2D eigenvalue weighted by atomic mass is 79.9. The minimum Gasteiger partial charge on any atom is -0.398 e. The number of anilines is 3. The second-order valence-corrected chi connectivity index (χ2v) is 5.17. The van der Waals surface area contributed by atoms with E-state index in [-0.39, 0.29) is 0 Å². The Morgan fingerprint density at radius 1 is 1.32 bits per heavy atom. The van der Waals surface area contributed by atoms with Crippen LogP contribution in [0.3, 0.4) is 0 Å². The summed E-state index contributed by atoms with van der Waals surface area (Å²) in [7, 11) is 1.88. The molecule has 0 aliphatic carbocycles. The Hall–Kier alpha value is -2.08. The lowest BCUT2D eigenvalue weighted by molar-refractivity contribution is 0.771. The summed E-state index contributed by atoms with van der Waals surface area (Å²) in [4.78, 5) is 4.42. The first-order valence-electron chi connectivity index (χ1n) is 5.74. The van der Waals surface area contributed by atoms with E-state index in [9.17, 15) is 0 Å². The standard InChI is InChI=1S/C13H12BrN5/c1-19-5-4-12(18-19)17-11-3-2-10(15)9-6-8(14)7-16-13(9)11/h2-7H,15H2,1H3,(H,17,18). The lowest BCUT2D eigenvalue weighted by Gasteiger charge is -2.09. The molecule has 0 amide bonds. The lowest BCUT2D eigenvalue weighted by Crippen LogP contribution is -1.97. The average molecular weight is 318 g/mol. The van der Waals surface area contributed by atoms with Gasteiger partial charge in [-0.1, -0.05) is 0 Å². The van der Waals surface area contributed by atoms with E-state index in [0.29, 0.717) is 5.69 Å². The molecule has 0 saturated carbocycles. The minimum absolute atomic E-state index is 0.704. The molecule has 96 valence electrons. The van der Waals surface area contributed by atoms with Crippen LogP contribution in [-0.4, -0.2) is 14.8 Å². The van der Waals surface area contributed by atoms with Crippen molar-refractivity contribution in [3.63, 3.8) is 0 Å². The maximum absolute atomic E-state index is 5.98. The first-order chi connectivity index (χ1) is 9.13. The molecular weight excluding hydrogens is 306 g/mol. The monoisotopic (exact) mass is 317 g/mol. The molecule has 2 aromatic heterocycles. The van der Waals surface area contributed by atoms with Crippen molar-refractivity contribution in [1.29, 1.82) is 0 Å². The number of aryl methyl sites for hydroxylation is 1. The highest BCUT2D eigenvalue weighted by Crippen LogP contribution is 2.30. The SMILES string of the molecule is Cn1ccc(Nc2ccc(N)c3cc(Br)cnc23)n1. The Labute approximate surface area is 118 Å². The zero-order valence-corrected chi connectivity index (χ0v) is 11.8. The number of hydrogen-bond donors (Lipinski definition) is 2. The van der Waals surface area contributed by atoms with Crippen LogP contribution in [0.25, 0.3) is 10.9 Å². The molecule has 0 atom stereocenters. The highest BCUT2D eigenvalue weighted by molar-refractivity contribution is 9.10. The fraction of sp³-hybridized carbons (Fsp3) is 0.0769. The van der Waals surface area contributed by atoms with E-state index in [2.05, 4.69) is 31.3 Å². The van der Waals surface area contributed by atoms with Crippen molar-refractivity contribution >= 4 is 44.0 Å². The summed E-state index contributed by atoms with van der Waals surface area (Å²) in [6.07, 6.45) is 3.64. The van der Waals surface area contributed by atoms with Gasteiger partial charge in [0.25, 0.3) is 0 Å². The number of nitrogens with one attached hydrogen (secondary N) is 1. The van der Waals surface area contributed by atoms with Gasteiger partial charge in [0.2, 0.25) is 0 Å². The number of benzene rings is 1. The van der Waals surface area contributed by atoms with Crippen LogP contribution in [0.4, 0.5) is 17.2 Å². The van der Waals surface area contributed by atoms with Crippen LogP contribution >= 0.6 is 15.9 Å². The molecule has 3 N–H and O–H groups in total. The van der Waals surface area contributed by atoms with Crippen LogP contribution in [0, 0.1) is 0 Å². The zero-order valence-electron chi connectivity index (χ0n) is 10.3. The molecule has 0 fully saturated rings. The fourth-order valence-electron chi connectivity index (χ4n) is 1.94. The molecule has 3 aromatic rings. The van der Waals surface area contributed by atoms with Gasteiger partial charge < -0.3 is 11.1 Å². The van der Waals surface area contributed by atoms with Crippen molar-refractivity contribution in [2.45, 2.75) is 0 Å². The average Bonchev–Trinajstić information content (AvgIpc) is 2.79. The number of aromatic nitrogens is 3. The second kappa shape index (κ2) is 4.55. The summed E-state index contributed by atoms with van der Waals surface area (Å²) in [5, 5.41) is 8.45. The van der Waals surface area contributed by atoms with Gasteiger partial charge in [-0.15, -0.1) is 0 Å². The second-order valence-electron chi connectivity index (χ2n) is 4.25. The van der Waals surface area contributed by atoms with Crippen LogP contribution < -0.4 is 11.1 Å². The summed E-state index contributed by atoms with van der Waals surface area (Å²) in [5.41, 5.74) is 8.40. The van der Waals surface area contributed by atoms with Gasteiger partial charge in [0, 0.05) is 41.1 Å². The minimum atomic E-state index is 0.704. The largest absolute Gasteiger partial charge is 0.398 e. The third-order valence-electron chi connectivity index (χ3n) is 2.83. The molecule has 2 heterocycles. The van der Waals surface area contributed by atoms with Crippen LogP contribution in [0.2, 0.25) is 0 Å². The van der Waals surface area contributed by atoms with Gasteiger partial charge in [-0.2, -0.15) is 5.10 Å². The van der Waals surface area contributed by atoms with E-state index < -0.39 is 0 Å². The molecule has 5 nitrogen and oxygen atoms in total. The summed E-state index contributed by atoms with van der Waals surface area (Å²) >= 11 is 3.41. The predicted molar refractivity (Wildman–Crippen MR) is 80.3 cm³/mol. The van der Waals surface area contributed by atoms with E-state index >= 15 is 0 Å². The molecule has 1 aromatic carbocycles. The molecule has 3 rings (SSSR count). The maximum Gasteiger partial charge on any atom is 0.152 e. The molecule has 19 heavy (non-hydrogen) atoms. The summed E-state index contributed by atoms with van der Waals surface area (Å²) in [6, 6.07) is 7.64. The number of halogens is 1. The number of nitrogen functional groups attached to an aromatic ring is 1. The topological polar surface area (TPSA) is 68.8 Å². The third kappa shape index (κ3) is 2.26. The Morgan fingerprint density at radius 2 is 2.16 bits per heavy atom. The number of nitrogens with two attached hydrogens (primary N) is 1. The number of nitrogens with zero attached hydrogens (tertiary/aromatic N) is 3. The normalized spacial score (nSPS) is 10.8. The van der Waals surface area contributed by atoms with Gasteiger partial charge in [-0.25, -0.2) is 0 Å². The molecule has 6 heteroatoms. The lowest BCUT2D eigenvalue weighted by atomic mass is 10.1. The first-order valence-corrected chi connectivity index (χ1v) is 6.53. The zero-order chi connectivity index (χ0) is 13.4. The highest BCUT2D eigenvalue weighted by Gasteiger charge is 2.07. The number of rotatable bonds is 2. The Balaban J connectivity index is 2.11. The van der Waals surface area contributed by atoms with Gasteiger partial charge in [0.05, 0.1) is 11.2 Å². The van der Waals surface area contributed by atoms with Gasteiger partial charge in [-0.05, 0) is 34.1 Å². The molecule has 0 aliphatic rings. The van der Waals surface area contributed by atoms with E-state index in [1.165, 1.54) is 0 Å². The quantitative estimate of drug-likeness (QED) is 0.713. The predicted octanol–water partition coefficient (Wildman–Crippen LogP) is 3.06. The van der Waals surface area contributed by atoms with Crippen LogP contribution in [0.1, 0.15) is 0 Å². The Kier molecular flexibility index (Phi) is 2.87. The van der Waals surface area contributed by atoms with Crippen molar-refractivity contribution in [2.75, 3.05) is 11.1 Å². The van der Waals surface area contributed by atoms with Crippen molar-refractivity contribution < 1.29 is 0 Å². The summed E-state index contributed by atoms with van der Waals surface area (Å²) < 4.78 is 2.65.